The lowest BCUT2D eigenvalue weighted by molar-refractivity contribution is 0.230. The van der Waals surface area contributed by atoms with Gasteiger partial charge in [0.15, 0.2) is 0 Å². The first-order chi connectivity index (χ1) is 11.1. The molecule has 4 nitrogen and oxygen atoms in total. The van der Waals surface area contributed by atoms with Gasteiger partial charge in [0.2, 0.25) is 0 Å². The number of phenolic OH excluding ortho intramolecular Hbond substituents is 1. The Morgan fingerprint density at radius 3 is 2.30 bits per heavy atom. The maximum atomic E-state index is 13.3. The van der Waals surface area contributed by atoms with Crippen molar-refractivity contribution < 1.29 is 18.7 Å². The summed E-state index contributed by atoms with van der Waals surface area (Å²) in [5.74, 6) is 0.0439. The average Bonchev–Trinajstić information content (AvgIpc) is 2.54. The fourth-order valence-corrected chi connectivity index (χ4v) is 4.69. The van der Waals surface area contributed by atoms with Crippen molar-refractivity contribution in [2.75, 3.05) is 13.2 Å². The molecule has 0 saturated carbocycles. The lowest BCUT2D eigenvalue weighted by atomic mass is 10.0. The van der Waals surface area contributed by atoms with Gasteiger partial charge < -0.3 is 14.2 Å². The summed E-state index contributed by atoms with van der Waals surface area (Å²) >= 11 is 0. The zero-order chi connectivity index (χ0) is 16.4. The maximum Gasteiger partial charge on any atom is 0.362 e. The first-order valence-electron chi connectivity index (χ1n) is 7.63. The molecule has 23 heavy (non-hydrogen) atoms. The van der Waals surface area contributed by atoms with E-state index in [2.05, 4.69) is 0 Å². The summed E-state index contributed by atoms with van der Waals surface area (Å²) in [5.41, 5.74) is 0. The topological polar surface area (TPSA) is 55.8 Å². The van der Waals surface area contributed by atoms with E-state index in [1.165, 1.54) is 6.07 Å². The van der Waals surface area contributed by atoms with Crippen LogP contribution in [0.15, 0.2) is 48.5 Å². The highest BCUT2D eigenvalue weighted by Gasteiger charge is 2.30. The fourth-order valence-electron chi connectivity index (χ4n) is 2.84. The van der Waals surface area contributed by atoms with Crippen LogP contribution in [0.4, 0.5) is 0 Å². The summed E-state index contributed by atoms with van der Waals surface area (Å²) < 4.78 is 24.2. The Labute approximate surface area is 135 Å². The average molecular weight is 330 g/mol. The van der Waals surface area contributed by atoms with Crippen LogP contribution in [0.1, 0.15) is 13.8 Å². The Morgan fingerprint density at radius 1 is 0.957 bits per heavy atom. The maximum absolute atomic E-state index is 13.3. The molecule has 0 bridgehead atoms. The lowest BCUT2D eigenvalue weighted by Crippen LogP contribution is -2.12. The number of aromatic hydroxyl groups is 1. The molecule has 0 aliphatic rings. The second-order valence-corrected chi connectivity index (χ2v) is 7.18. The van der Waals surface area contributed by atoms with E-state index in [1.54, 1.807) is 19.9 Å². The van der Waals surface area contributed by atoms with Crippen molar-refractivity contribution >= 4 is 34.4 Å². The number of hydrogen-bond donors (Lipinski definition) is 1. The molecule has 3 aromatic rings. The molecule has 0 aliphatic carbocycles. The Bertz CT molecular complexity index is 894. The zero-order valence-electron chi connectivity index (χ0n) is 13.2. The van der Waals surface area contributed by atoms with E-state index in [1.807, 2.05) is 36.4 Å². The lowest BCUT2D eigenvalue weighted by Gasteiger charge is -2.20. The molecule has 3 rings (SSSR count). The van der Waals surface area contributed by atoms with Crippen molar-refractivity contribution in [2.45, 2.75) is 13.8 Å². The molecule has 3 aromatic carbocycles. The van der Waals surface area contributed by atoms with Gasteiger partial charge in [-0.3, -0.25) is 4.57 Å². The van der Waals surface area contributed by atoms with Crippen molar-refractivity contribution in [3.8, 4) is 5.75 Å². The van der Waals surface area contributed by atoms with E-state index in [9.17, 15) is 9.67 Å². The van der Waals surface area contributed by atoms with Crippen LogP contribution in [-0.2, 0) is 13.6 Å². The van der Waals surface area contributed by atoms with Crippen molar-refractivity contribution in [3.05, 3.63) is 48.5 Å². The van der Waals surface area contributed by atoms with Crippen molar-refractivity contribution in [1.29, 1.82) is 0 Å². The summed E-state index contributed by atoms with van der Waals surface area (Å²) in [6, 6.07) is 14.9. The molecular weight excluding hydrogens is 311 g/mol. The minimum Gasteiger partial charge on any atom is -0.508 e. The molecule has 0 fully saturated rings. The molecule has 0 aromatic heterocycles. The molecule has 120 valence electrons. The van der Waals surface area contributed by atoms with Crippen LogP contribution in [0.2, 0.25) is 0 Å². The Hall–Kier alpha value is -1.87. The van der Waals surface area contributed by atoms with Gasteiger partial charge >= 0.3 is 7.60 Å². The molecule has 1 N–H and O–H groups in total. The second-order valence-electron chi connectivity index (χ2n) is 5.18. The van der Waals surface area contributed by atoms with E-state index in [-0.39, 0.29) is 19.0 Å². The molecule has 0 saturated heterocycles. The molecule has 0 amide bonds. The zero-order valence-corrected chi connectivity index (χ0v) is 14.0. The Morgan fingerprint density at radius 2 is 1.61 bits per heavy atom. The number of phenols is 1. The summed E-state index contributed by atoms with van der Waals surface area (Å²) in [6.45, 7) is 4.07. The highest BCUT2D eigenvalue weighted by molar-refractivity contribution is 7.62. The third kappa shape index (κ3) is 2.86. The summed E-state index contributed by atoms with van der Waals surface area (Å²) in [7, 11) is -3.51. The minimum atomic E-state index is -3.51. The van der Waals surface area contributed by atoms with Crippen LogP contribution >= 0.6 is 7.60 Å². The molecular formula is C18H19O4P. The van der Waals surface area contributed by atoms with Gasteiger partial charge in [-0.05, 0) is 42.1 Å². The van der Waals surface area contributed by atoms with Crippen LogP contribution in [0.25, 0.3) is 21.5 Å². The van der Waals surface area contributed by atoms with Crippen LogP contribution < -0.4 is 5.30 Å². The van der Waals surface area contributed by atoms with Gasteiger partial charge in [0, 0.05) is 5.39 Å². The summed E-state index contributed by atoms with van der Waals surface area (Å²) in [4.78, 5) is 0. The highest BCUT2D eigenvalue weighted by atomic mass is 31.2. The molecule has 0 atom stereocenters. The summed E-state index contributed by atoms with van der Waals surface area (Å²) in [6.07, 6.45) is 0. The first-order valence-corrected chi connectivity index (χ1v) is 9.17. The first kappa shape index (κ1) is 16.0. The number of hydrogen-bond acceptors (Lipinski definition) is 4. The van der Waals surface area contributed by atoms with Crippen molar-refractivity contribution in [1.82, 2.24) is 0 Å². The molecule has 0 aliphatic heterocycles. The second kappa shape index (κ2) is 6.32. The largest absolute Gasteiger partial charge is 0.508 e. The van der Waals surface area contributed by atoms with Gasteiger partial charge in [0.05, 0.1) is 18.5 Å². The van der Waals surface area contributed by atoms with E-state index in [0.717, 1.165) is 21.5 Å². The van der Waals surface area contributed by atoms with Crippen LogP contribution in [-0.4, -0.2) is 18.3 Å². The monoisotopic (exact) mass is 330 g/mol. The van der Waals surface area contributed by atoms with Gasteiger partial charge in [-0.15, -0.1) is 0 Å². The predicted octanol–water partition coefficient (Wildman–Crippen LogP) is 4.59. The predicted molar refractivity (Wildman–Crippen MR) is 93.6 cm³/mol. The summed E-state index contributed by atoms with van der Waals surface area (Å²) in [5, 5.41) is 14.1. The molecule has 0 unspecified atom stereocenters. The number of benzene rings is 3. The van der Waals surface area contributed by atoms with Crippen molar-refractivity contribution in [2.24, 2.45) is 0 Å². The number of rotatable bonds is 5. The SMILES string of the molecule is CCOP(=O)(OCC)c1cc(O)cc2ccc3ccccc3c12. The molecule has 5 heteroatoms. The third-order valence-electron chi connectivity index (χ3n) is 3.70. The third-order valence-corrected chi connectivity index (χ3v) is 5.84. The minimum absolute atomic E-state index is 0.0439. The Kier molecular flexibility index (Phi) is 4.40. The number of fused-ring (bicyclic) bond motifs is 3. The van der Waals surface area contributed by atoms with Gasteiger partial charge in [-0.25, -0.2) is 0 Å². The van der Waals surface area contributed by atoms with Crippen LogP contribution in [0, 0.1) is 0 Å². The van der Waals surface area contributed by atoms with Crippen molar-refractivity contribution in [3.63, 3.8) is 0 Å². The molecule has 0 radical (unpaired) electrons. The smallest absolute Gasteiger partial charge is 0.362 e. The van der Waals surface area contributed by atoms with Crippen LogP contribution in [0.5, 0.6) is 5.75 Å². The Balaban J connectivity index is 2.43. The highest BCUT2D eigenvalue weighted by Crippen LogP contribution is 2.50. The van der Waals surface area contributed by atoms with E-state index < -0.39 is 7.60 Å². The van der Waals surface area contributed by atoms with Gasteiger partial charge in [0.25, 0.3) is 0 Å². The molecule has 0 spiro atoms. The van der Waals surface area contributed by atoms with E-state index in [0.29, 0.717) is 5.30 Å². The fraction of sp³-hybridized carbons (Fsp3) is 0.222. The van der Waals surface area contributed by atoms with E-state index in [4.69, 9.17) is 9.05 Å². The van der Waals surface area contributed by atoms with Gasteiger partial charge in [0.1, 0.15) is 5.75 Å². The quantitative estimate of drug-likeness (QED) is 0.549. The van der Waals surface area contributed by atoms with Crippen LogP contribution in [0.3, 0.4) is 0 Å². The van der Waals surface area contributed by atoms with E-state index >= 15 is 0 Å². The standard InChI is InChI=1S/C18H19O4P/c1-3-21-23(20,22-4-2)17-12-15(19)11-14-10-9-13-7-5-6-8-16(13)18(14)17/h5-12,19H,3-4H2,1-2H3. The van der Waals surface area contributed by atoms with Gasteiger partial charge in [-0.1, -0.05) is 36.4 Å². The van der Waals surface area contributed by atoms with Gasteiger partial charge in [-0.2, -0.15) is 0 Å². The molecule has 0 heterocycles. The normalized spacial score (nSPS) is 12.1.